The molecule has 1 aromatic carbocycles. The van der Waals surface area contributed by atoms with E-state index in [0.717, 1.165) is 63.8 Å². The standard InChI is InChI=1S/C21H29N3O2/c1-23-13-11-21(12-14-23,17-5-3-2-4-6-17)19(26)24-15-9-20(10-16-24)8-7-18(25)22-20/h2-6H,7-16H2,1H3,(H,22,25). The molecule has 3 saturated heterocycles. The molecule has 0 unspecified atom stereocenters. The quantitative estimate of drug-likeness (QED) is 0.882. The van der Waals surface area contributed by atoms with E-state index in [9.17, 15) is 9.59 Å². The fraction of sp³-hybridized carbons (Fsp3) is 0.619. The van der Waals surface area contributed by atoms with Crippen LogP contribution in [-0.4, -0.2) is 60.4 Å². The lowest BCUT2D eigenvalue weighted by Crippen LogP contribution is -2.57. The Hall–Kier alpha value is -1.88. The van der Waals surface area contributed by atoms with Crippen molar-refractivity contribution in [3.05, 3.63) is 35.9 Å². The summed E-state index contributed by atoms with van der Waals surface area (Å²) < 4.78 is 0. The molecule has 0 aromatic heterocycles. The van der Waals surface area contributed by atoms with Crippen LogP contribution in [0.4, 0.5) is 0 Å². The van der Waals surface area contributed by atoms with Crippen molar-refractivity contribution in [3.63, 3.8) is 0 Å². The first-order chi connectivity index (χ1) is 12.5. The maximum atomic E-state index is 13.7. The van der Waals surface area contributed by atoms with Crippen LogP contribution in [0.15, 0.2) is 30.3 Å². The number of rotatable bonds is 2. The number of carbonyl (C=O) groups excluding carboxylic acids is 2. The lowest BCUT2D eigenvalue weighted by atomic mass is 9.71. The molecule has 5 nitrogen and oxygen atoms in total. The van der Waals surface area contributed by atoms with E-state index in [1.807, 2.05) is 18.2 Å². The van der Waals surface area contributed by atoms with Crippen molar-refractivity contribution in [1.29, 1.82) is 0 Å². The summed E-state index contributed by atoms with van der Waals surface area (Å²) in [5, 5.41) is 3.17. The van der Waals surface area contributed by atoms with Gasteiger partial charge in [-0.1, -0.05) is 30.3 Å². The van der Waals surface area contributed by atoms with Crippen molar-refractivity contribution in [2.24, 2.45) is 0 Å². The highest BCUT2D eigenvalue weighted by Crippen LogP contribution is 2.39. The number of piperidine rings is 2. The maximum absolute atomic E-state index is 13.7. The number of nitrogens with one attached hydrogen (secondary N) is 1. The molecule has 3 aliphatic heterocycles. The Balaban J connectivity index is 1.53. The third kappa shape index (κ3) is 3.02. The Morgan fingerprint density at radius 3 is 2.19 bits per heavy atom. The van der Waals surface area contributed by atoms with Crippen LogP contribution in [0, 0.1) is 0 Å². The number of hydrogen-bond donors (Lipinski definition) is 1. The summed E-state index contributed by atoms with van der Waals surface area (Å²) in [7, 11) is 2.13. The first kappa shape index (κ1) is 17.5. The SMILES string of the molecule is CN1CCC(C(=O)N2CCC3(CCC(=O)N3)CC2)(c2ccccc2)CC1. The minimum Gasteiger partial charge on any atom is -0.351 e. The second-order valence-electron chi connectivity index (χ2n) is 8.37. The largest absolute Gasteiger partial charge is 0.351 e. The van der Waals surface area contributed by atoms with Crippen LogP contribution in [0.1, 0.15) is 44.1 Å². The Morgan fingerprint density at radius 1 is 0.962 bits per heavy atom. The molecule has 140 valence electrons. The topological polar surface area (TPSA) is 52.7 Å². The van der Waals surface area contributed by atoms with Gasteiger partial charge in [-0.25, -0.2) is 0 Å². The normalized spacial score (nSPS) is 25.3. The van der Waals surface area contributed by atoms with Crippen LogP contribution in [0.2, 0.25) is 0 Å². The monoisotopic (exact) mass is 355 g/mol. The number of nitrogens with zero attached hydrogens (tertiary/aromatic N) is 2. The molecule has 1 spiro atoms. The fourth-order valence-corrected chi connectivity index (χ4v) is 4.97. The molecule has 0 saturated carbocycles. The second kappa shape index (κ2) is 6.69. The number of carbonyl (C=O) groups is 2. The number of amides is 2. The smallest absolute Gasteiger partial charge is 0.233 e. The fourth-order valence-electron chi connectivity index (χ4n) is 4.97. The van der Waals surface area contributed by atoms with Gasteiger partial charge in [0, 0.05) is 25.0 Å². The minimum atomic E-state index is -0.392. The number of likely N-dealkylation sites (tertiary alicyclic amines) is 2. The van der Waals surface area contributed by atoms with Crippen molar-refractivity contribution in [2.75, 3.05) is 33.2 Å². The summed E-state index contributed by atoms with van der Waals surface area (Å²) in [5.74, 6) is 0.455. The molecule has 3 aliphatic rings. The van der Waals surface area contributed by atoms with Crippen LogP contribution in [0.5, 0.6) is 0 Å². The van der Waals surface area contributed by atoms with Gasteiger partial charge in [0.15, 0.2) is 0 Å². The zero-order valence-electron chi connectivity index (χ0n) is 15.7. The van der Waals surface area contributed by atoms with E-state index in [1.54, 1.807) is 0 Å². The van der Waals surface area contributed by atoms with E-state index in [1.165, 1.54) is 0 Å². The van der Waals surface area contributed by atoms with Crippen molar-refractivity contribution in [1.82, 2.24) is 15.1 Å². The summed E-state index contributed by atoms with van der Waals surface area (Å²) in [6.45, 7) is 3.41. The highest BCUT2D eigenvalue weighted by molar-refractivity contribution is 5.88. The molecule has 3 fully saturated rings. The highest BCUT2D eigenvalue weighted by Gasteiger charge is 2.47. The van der Waals surface area contributed by atoms with Crippen LogP contribution >= 0.6 is 0 Å². The summed E-state index contributed by atoms with van der Waals surface area (Å²) in [6.07, 6.45) is 5.08. The Bertz CT molecular complexity index is 672. The van der Waals surface area contributed by atoms with Gasteiger partial charge in [-0.05, 0) is 57.8 Å². The lowest BCUT2D eigenvalue weighted by Gasteiger charge is -2.46. The van der Waals surface area contributed by atoms with Crippen molar-refractivity contribution >= 4 is 11.8 Å². The van der Waals surface area contributed by atoms with Crippen molar-refractivity contribution in [3.8, 4) is 0 Å². The Kier molecular flexibility index (Phi) is 4.51. The summed E-state index contributed by atoms with van der Waals surface area (Å²) in [4.78, 5) is 29.7. The zero-order valence-corrected chi connectivity index (χ0v) is 15.7. The van der Waals surface area contributed by atoms with Gasteiger partial charge in [0.25, 0.3) is 0 Å². The molecule has 4 rings (SSSR count). The molecule has 3 heterocycles. The van der Waals surface area contributed by atoms with Crippen LogP contribution in [0.3, 0.4) is 0 Å². The average molecular weight is 355 g/mol. The van der Waals surface area contributed by atoms with Crippen LogP contribution in [-0.2, 0) is 15.0 Å². The number of benzene rings is 1. The maximum Gasteiger partial charge on any atom is 0.233 e. The first-order valence-electron chi connectivity index (χ1n) is 9.88. The predicted molar refractivity (Wildman–Crippen MR) is 101 cm³/mol. The molecular weight excluding hydrogens is 326 g/mol. The summed E-state index contributed by atoms with van der Waals surface area (Å²) in [5.41, 5.74) is 0.713. The Labute approximate surface area is 155 Å². The van der Waals surface area contributed by atoms with Gasteiger partial charge < -0.3 is 15.1 Å². The predicted octanol–water partition coefficient (Wildman–Crippen LogP) is 1.92. The second-order valence-corrected chi connectivity index (χ2v) is 8.37. The summed E-state index contributed by atoms with van der Waals surface area (Å²) >= 11 is 0. The molecule has 0 bridgehead atoms. The molecule has 2 amide bonds. The molecular formula is C21H29N3O2. The molecule has 26 heavy (non-hydrogen) atoms. The minimum absolute atomic E-state index is 0.0550. The van der Waals surface area contributed by atoms with Gasteiger partial charge >= 0.3 is 0 Å². The molecule has 5 heteroatoms. The zero-order chi connectivity index (χ0) is 18.2. The molecule has 1 N–H and O–H groups in total. The van der Waals surface area contributed by atoms with Crippen LogP contribution < -0.4 is 5.32 Å². The van der Waals surface area contributed by atoms with E-state index >= 15 is 0 Å². The molecule has 1 aromatic rings. The lowest BCUT2D eigenvalue weighted by molar-refractivity contribution is -0.141. The van der Waals surface area contributed by atoms with E-state index in [0.29, 0.717) is 6.42 Å². The van der Waals surface area contributed by atoms with Gasteiger partial charge in [0.1, 0.15) is 0 Å². The third-order valence-corrected chi connectivity index (χ3v) is 6.82. The van der Waals surface area contributed by atoms with E-state index < -0.39 is 5.41 Å². The molecule has 0 atom stereocenters. The van der Waals surface area contributed by atoms with E-state index in [4.69, 9.17) is 0 Å². The molecule has 0 radical (unpaired) electrons. The van der Waals surface area contributed by atoms with E-state index in [-0.39, 0.29) is 17.4 Å². The van der Waals surface area contributed by atoms with Gasteiger partial charge in [-0.3, -0.25) is 9.59 Å². The summed E-state index contributed by atoms with van der Waals surface area (Å²) in [6, 6.07) is 10.3. The first-order valence-corrected chi connectivity index (χ1v) is 9.88. The third-order valence-electron chi connectivity index (χ3n) is 6.82. The van der Waals surface area contributed by atoms with Gasteiger partial charge in [0.2, 0.25) is 11.8 Å². The highest BCUT2D eigenvalue weighted by atomic mass is 16.2. The van der Waals surface area contributed by atoms with Crippen LogP contribution in [0.25, 0.3) is 0 Å². The molecule has 0 aliphatic carbocycles. The average Bonchev–Trinajstić information content (AvgIpc) is 3.03. The number of hydrogen-bond acceptors (Lipinski definition) is 3. The van der Waals surface area contributed by atoms with E-state index in [2.05, 4.69) is 34.3 Å². The van der Waals surface area contributed by atoms with Gasteiger partial charge in [-0.15, -0.1) is 0 Å². The van der Waals surface area contributed by atoms with Crippen molar-refractivity contribution in [2.45, 2.75) is 49.5 Å². The van der Waals surface area contributed by atoms with Gasteiger partial charge in [0.05, 0.1) is 5.41 Å². The van der Waals surface area contributed by atoms with Gasteiger partial charge in [-0.2, -0.15) is 0 Å². The Morgan fingerprint density at radius 2 is 1.62 bits per heavy atom. The van der Waals surface area contributed by atoms with Crippen molar-refractivity contribution < 1.29 is 9.59 Å².